The molecule has 1 aromatic rings. The molecule has 2 amide bonds. The molecule has 0 aromatic heterocycles. The summed E-state index contributed by atoms with van der Waals surface area (Å²) < 4.78 is 0. The summed E-state index contributed by atoms with van der Waals surface area (Å²) in [5, 5.41) is 3.03. The minimum Gasteiger partial charge on any atom is -0.356 e. The van der Waals surface area contributed by atoms with E-state index in [4.69, 9.17) is 0 Å². The van der Waals surface area contributed by atoms with E-state index in [1.54, 1.807) is 18.0 Å². The summed E-state index contributed by atoms with van der Waals surface area (Å²) in [6.45, 7) is 2.22. The van der Waals surface area contributed by atoms with Crippen molar-refractivity contribution in [3.8, 4) is 0 Å². The fraction of sp³-hybridized carbons (Fsp3) is 0.429. The van der Waals surface area contributed by atoms with Gasteiger partial charge in [0.05, 0.1) is 12.5 Å². The summed E-state index contributed by atoms with van der Waals surface area (Å²) in [4.78, 5) is 26.1. The highest BCUT2D eigenvalue weighted by Gasteiger charge is 2.27. The number of carbonyl (C=O) groups is 2. The van der Waals surface area contributed by atoms with E-state index in [1.165, 1.54) is 24.8 Å². The number of hydrogen-bond acceptors (Lipinski definition) is 2. The van der Waals surface area contributed by atoms with Crippen LogP contribution in [0.3, 0.4) is 0 Å². The van der Waals surface area contributed by atoms with E-state index in [9.17, 15) is 9.59 Å². The number of carbonyl (C=O) groups excluding carboxylic acids is 2. The van der Waals surface area contributed by atoms with Gasteiger partial charge in [-0.25, -0.2) is 0 Å². The van der Waals surface area contributed by atoms with Crippen molar-refractivity contribution >= 4 is 17.9 Å². The fourth-order valence-corrected chi connectivity index (χ4v) is 3.66. The van der Waals surface area contributed by atoms with Gasteiger partial charge in [0.15, 0.2) is 0 Å². The normalized spacial score (nSPS) is 19.2. The van der Waals surface area contributed by atoms with Crippen LogP contribution in [0.1, 0.15) is 62.6 Å². The van der Waals surface area contributed by atoms with Gasteiger partial charge in [0.25, 0.3) is 0 Å². The van der Waals surface area contributed by atoms with Crippen LogP contribution in [0.4, 0.5) is 0 Å². The highest BCUT2D eigenvalue weighted by Crippen LogP contribution is 2.32. The minimum atomic E-state index is -0.229. The van der Waals surface area contributed by atoms with Crippen LogP contribution < -0.4 is 5.32 Å². The SMILES string of the molecule is CC(=O)N1C=Cc2ccccc2[C@@H]1CC(=O)NCCC1=CCCCC1. The molecule has 2 aliphatic rings. The first-order chi connectivity index (χ1) is 12.1. The molecule has 0 bridgehead atoms. The summed E-state index contributed by atoms with van der Waals surface area (Å²) >= 11 is 0. The van der Waals surface area contributed by atoms with Crippen LogP contribution in [-0.4, -0.2) is 23.3 Å². The van der Waals surface area contributed by atoms with Crippen LogP contribution in [0, 0.1) is 0 Å². The van der Waals surface area contributed by atoms with E-state index < -0.39 is 0 Å². The summed E-state index contributed by atoms with van der Waals surface area (Å²) in [6.07, 6.45) is 12.1. The monoisotopic (exact) mass is 338 g/mol. The van der Waals surface area contributed by atoms with Gasteiger partial charge in [-0.3, -0.25) is 9.59 Å². The Morgan fingerprint density at radius 2 is 2.08 bits per heavy atom. The summed E-state index contributed by atoms with van der Waals surface area (Å²) in [7, 11) is 0. The van der Waals surface area contributed by atoms with E-state index in [0.29, 0.717) is 13.0 Å². The molecule has 3 rings (SSSR count). The van der Waals surface area contributed by atoms with Crippen LogP contribution in [0.15, 0.2) is 42.1 Å². The number of allylic oxidation sites excluding steroid dienone is 1. The van der Waals surface area contributed by atoms with Crippen molar-refractivity contribution in [3.05, 3.63) is 53.2 Å². The van der Waals surface area contributed by atoms with Crippen LogP contribution in [0.25, 0.3) is 6.08 Å². The average Bonchev–Trinajstić information content (AvgIpc) is 2.62. The molecule has 1 aliphatic carbocycles. The van der Waals surface area contributed by atoms with Gasteiger partial charge in [0.1, 0.15) is 0 Å². The Balaban J connectivity index is 1.61. The quantitative estimate of drug-likeness (QED) is 0.826. The van der Waals surface area contributed by atoms with Gasteiger partial charge < -0.3 is 10.2 Å². The lowest BCUT2D eigenvalue weighted by molar-refractivity contribution is -0.129. The maximum absolute atomic E-state index is 12.4. The van der Waals surface area contributed by atoms with Gasteiger partial charge in [0, 0.05) is 19.7 Å². The molecule has 1 atom stereocenters. The Morgan fingerprint density at radius 1 is 1.24 bits per heavy atom. The Bertz CT molecular complexity index is 706. The molecule has 4 heteroatoms. The lowest BCUT2D eigenvalue weighted by Gasteiger charge is -2.32. The second-order valence-electron chi connectivity index (χ2n) is 6.80. The number of nitrogens with one attached hydrogen (secondary N) is 1. The number of fused-ring (bicyclic) bond motifs is 1. The molecule has 0 fully saturated rings. The van der Waals surface area contributed by atoms with E-state index in [0.717, 1.165) is 24.0 Å². The Labute approximate surface area is 149 Å². The molecule has 0 saturated carbocycles. The van der Waals surface area contributed by atoms with E-state index in [2.05, 4.69) is 11.4 Å². The molecular formula is C21H26N2O2. The maximum Gasteiger partial charge on any atom is 0.223 e. The van der Waals surface area contributed by atoms with Crippen molar-refractivity contribution in [3.63, 3.8) is 0 Å². The number of hydrogen-bond donors (Lipinski definition) is 1. The van der Waals surface area contributed by atoms with Crippen molar-refractivity contribution in [2.45, 2.75) is 51.5 Å². The molecule has 132 valence electrons. The molecule has 0 radical (unpaired) electrons. The molecule has 0 spiro atoms. The molecule has 0 saturated heterocycles. The summed E-state index contributed by atoms with van der Waals surface area (Å²) in [6, 6.07) is 7.72. The van der Waals surface area contributed by atoms with Crippen LogP contribution in [0.2, 0.25) is 0 Å². The van der Waals surface area contributed by atoms with Crippen LogP contribution >= 0.6 is 0 Å². The van der Waals surface area contributed by atoms with Gasteiger partial charge in [-0.2, -0.15) is 0 Å². The van der Waals surface area contributed by atoms with Crippen molar-refractivity contribution in [1.29, 1.82) is 0 Å². The molecule has 1 heterocycles. The minimum absolute atomic E-state index is 0.00207. The van der Waals surface area contributed by atoms with Gasteiger partial charge >= 0.3 is 0 Å². The first kappa shape index (κ1) is 17.5. The average molecular weight is 338 g/mol. The molecular weight excluding hydrogens is 312 g/mol. The Kier molecular flexibility index (Phi) is 5.69. The van der Waals surface area contributed by atoms with Gasteiger partial charge in [0.2, 0.25) is 11.8 Å². The van der Waals surface area contributed by atoms with Crippen molar-refractivity contribution in [1.82, 2.24) is 10.2 Å². The van der Waals surface area contributed by atoms with E-state index >= 15 is 0 Å². The first-order valence-electron chi connectivity index (χ1n) is 9.16. The smallest absolute Gasteiger partial charge is 0.223 e. The van der Waals surface area contributed by atoms with Gasteiger partial charge in [-0.15, -0.1) is 0 Å². The molecule has 0 unspecified atom stereocenters. The molecule has 4 nitrogen and oxygen atoms in total. The lowest BCUT2D eigenvalue weighted by atomic mass is 9.93. The van der Waals surface area contributed by atoms with Crippen LogP contribution in [-0.2, 0) is 9.59 Å². The van der Waals surface area contributed by atoms with Crippen molar-refractivity contribution < 1.29 is 9.59 Å². The second-order valence-corrected chi connectivity index (χ2v) is 6.80. The summed E-state index contributed by atoms with van der Waals surface area (Å²) in [5.41, 5.74) is 3.57. The Morgan fingerprint density at radius 3 is 2.84 bits per heavy atom. The van der Waals surface area contributed by atoms with Gasteiger partial charge in [-0.05, 0) is 49.3 Å². The van der Waals surface area contributed by atoms with Crippen molar-refractivity contribution in [2.24, 2.45) is 0 Å². The number of nitrogens with zero attached hydrogens (tertiary/aromatic N) is 1. The third-order valence-electron chi connectivity index (χ3n) is 5.00. The zero-order chi connectivity index (χ0) is 17.6. The third-order valence-corrected chi connectivity index (χ3v) is 5.00. The third kappa shape index (κ3) is 4.38. The zero-order valence-corrected chi connectivity index (χ0v) is 14.8. The first-order valence-corrected chi connectivity index (χ1v) is 9.16. The zero-order valence-electron chi connectivity index (χ0n) is 14.8. The summed E-state index contributed by atoms with van der Waals surface area (Å²) in [5.74, 6) is -0.0475. The lowest BCUT2D eigenvalue weighted by Crippen LogP contribution is -2.35. The molecule has 1 aliphatic heterocycles. The van der Waals surface area contributed by atoms with E-state index in [-0.39, 0.29) is 17.9 Å². The van der Waals surface area contributed by atoms with Crippen LogP contribution in [0.5, 0.6) is 0 Å². The molecule has 1 aromatic carbocycles. The fourth-order valence-electron chi connectivity index (χ4n) is 3.66. The maximum atomic E-state index is 12.4. The number of rotatable bonds is 5. The number of amides is 2. The Hall–Kier alpha value is -2.36. The topological polar surface area (TPSA) is 49.4 Å². The van der Waals surface area contributed by atoms with Crippen molar-refractivity contribution in [2.75, 3.05) is 6.54 Å². The largest absolute Gasteiger partial charge is 0.356 e. The van der Waals surface area contributed by atoms with E-state index in [1.807, 2.05) is 30.3 Å². The predicted molar refractivity (Wildman–Crippen MR) is 99.5 cm³/mol. The second kappa shape index (κ2) is 8.15. The molecule has 1 N–H and O–H groups in total. The molecule has 25 heavy (non-hydrogen) atoms. The highest BCUT2D eigenvalue weighted by atomic mass is 16.2. The van der Waals surface area contributed by atoms with Gasteiger partial charge in [-0.1, -0.05) is 35.9 Å². The standard InChI is InChI=1S/C21H26N2O2/c1-16(24)23-14-12-18-9-5-6-10-19(18)20(23)15-21(25)22-13-11-17-7-3-2-4-8-17/h5-7,9-10,12,14,20H,2-4,8,11,13,15H2,1H3,(H,22,25)/t20-/m0/s1. The predicted octanol–water partition coefficient (Wildman–Crippen LogP) is 3.96. The number of benzene rings is 1. The highest BCUT2D eigenvalue weighted by molar-refractivity contribution is 5.81.